The zero-order valence-electron chi connectivity index (χ0n) is 13.0. The Hall–Kier alpha value is -0.540. The first-order chi connectivity index (χ1) is 10.0. The Morgan fingerprint density at radius 2 is 2.14 bits per heavy atom. The fourth-order valence-electron chi connectivity index (χ4n) is 2.10. The van der Waals surface area contributed by atoms with E-state index in [4.69, 9.17) is 19.9 Å². The van der Waals surface area contributed by atoms with Crippen molar-refractivity contribution in [2.45, 2.75) is 45.1 Å². The van der Waals surface area contributed by atoms with Gasteiger partial charge in [0.1, 0.15) is 6.23 Å². The minimum atomic E-state index is -0.868. The maximum Gasteiger partial charge on any atom is 0.168 e. The summed E-state index contributed by atoms with van der Waals surface area (Å²) < 4.78 is 16.4. The molecule has 0 spiro atoms. The largest absolute Gasteiger partial charge is 0.394 e. The molecule has 0 radical (unpaired) electrons. The Bertz CT molecular complexity index is 322. The highest BCUT2D eigenvalue weighted by Crippen LogP contribution is 2.23. The van der Waals surface area contributed by atoms with Crippen LogP contribution in [-0.2, 0) is 14.2 Å². The SMILES string of the molecule is CCC(CO)OC(OCCOC)C1C=C(C)C(N)NC1O. The van der Waals surface area contributed by atoms with E-state index in [1.54, 1.807) is 7.11 Å². The first kappa shape index (κ1) is 18.5. The van der Waals surface area contributed by atoms with Crippen LogP contribution < -0.4 is 11.1 Å². The van der Waals surface area contributed by atoms with Gasteiger partial charge >= 0.3 is 0 Å². The van der Waals surface area contributed by atoms with Crippen molar-refractivity contribution in [2.75, 3.05) is 26.9 Å². The van der Waals surface area contributed by atoms with Gasteiger partial charge in [-0.2, -0.15) is 0 Å². The van der Waals surface area contributed by atoms with Crippen molar-refractivity contribution >= 4 is 0 Å². The molecule has 5 N–H and O–H groups in total. The monoisotopic (exact) mass is 304 g/mol. The van der Waals surface area contributed by atoms with Crippen molar-refractivity contribution < 1.29 is 24.4 Å². The fraction of sp³-hybridized carbons (Fsp3) is 0.857. The van der Waals surface area contributed by atoms with Crippen molar-refractivity contribution in [3.63, 3.8) is 0 Å². The predicted octanol–water partition coefficient (Wildman–Crippen LogP) is -0.468. The van der Waals surface area contributed by atoms with Gasteiger partial charge in [-0.15, -0.1) is 0 Å². The molecule has 0 aliphatic carbocycles. The quantitative estimate of drug-likeness (QED) is 0.259. The van der Waals surface area contributed by atoms with Crippen molar-refractivity contribution in [2.24, 2.45) is 11.7 Å². The van der Waals surface area contributed by atoms with Crippen LogP contribution in [0, 0.1) is 5.92 Å². The summed E-state index contributed by atoms with van der Waals surface area (Å²) in [6, 6.07) is 0. The molecule has 1 aliphatic rings. The number of nitrogens with one attached hydrogen (secondary N) is 1. The standard InChI is InChI=1S/C14H28N2O5/c1-4-10(8-17)21-14(20-6-5-19-3)11-7-9(2)12(15)16-13(11)18/h7,10-14,16-18H,4-6,8,15H2,1-3H3. The van der Waals surface area contributed by atoms with Crippen LogP contribution in [-0.4, -0.2) is 61.9 Å². The Kier molecular flexibility index (Phi) is 8.35. The normalized spacial score (nSPS) is 29.0. The molecule has 0 bridgehead atoms. The second-order valence-corrected chi connectivity index (χ2v) is 5.16. The second kappa shape index (κ2) is 9.47. The molecule has 1 rings (SSSR count). The van der Waals surface area contributed by atoms with E-state index >= 15 is 0 Å². The zero-order valence-corrected chi connectivity index (χ0v) is 13.0. The number of hydrogen-bond donors (Lipinski definition) is 4. The van der Waals surface area contributed by atoms with E-state index in [-0.39, 0.29) is 18.9 Å². The Morgan fingerprint density at radius 1 is 1.43 bits per heavy atom. The molecule has 21 heavy (non-hydrogen) atoms. The first-order valence-corrected chi connectivity index (χ1v) is 7.28. The predicted molar refractivity (Wildman–Crippen MR) is 78.2 cm³/mol. The number of hydrogen-bond acceptors (Lipinski definition) is 7. The van der Waals surface area contributed by atoms with Gasteiger partial charge in [-0.1, -0.05) is 13.0 Å². The van der Waals surface area contributed by atoms with Gasteiger partial charge in [-0.3, -0.25) is 5.32 Å². The van der Waals surface area contributed by atoms with Crippen molar-refractivity contribution in [1.82, 2.24) is 5.32 Å². The smallest absolute Gasteiger partial charge is 0.168 e. The van der Waals surface area contributed by atoms with Crippen LogP contribution >= 0.6 is 0 Å². The molecular formula is C14H28N2O5. The van der Waals surface area contributed by atoms with Gasteiger partial charge in [-0.05, 0) is 18.9 Å². The molecule has 0 aromatic rings. The van der Waals surface area contributed by atoms with Crippen LogP contribution in [0.15, 0.2) is 11.6 Å². The zero-order chi connectivity index (χ0) is 15.8. The van der Waals surface area contributed by atoms with Crippen molar-refractivity contribution in [3.8, 4) is 0 Å². The summed E-state index contributed by atoms with van der Waals surface area (Å²) in [5.74, 6) is -0.401. The number of rotatable bonds is 9. The third-order valence-electron chi connectivity index (χ3n) is 3.53. The molecule has 124 valence electrons. The molecule has 5 unspecified atom stereocenters. The highest BCUT2D eigenvalue weighted by Gasteiger charge is 2.34. The lowest BCUT2D eigenvalue weighted by Gasteiger charge is -2.36. The molecule has 7 nitrogen and oxygen atoms in total. The van der Waals surface area contributed by atoms with E-state index < -0.39 is 18.4 Å². The van der Waals surface area contributed by atoms with Crippen LogP contribution in [0.4, 0.5) is 0 Å². The molecule has 0 amide bonds. The lowest BCUT2D eigenvalue weighted by Crippen LogP contribution is -2.54. The minimum Gasteiger partial charge on any atom is -0.394 e. The number of nitrogens with two attached hydrogens (primary N) is 1. The molecular weight excluding hydrogens is 276 g/mol. The lowest BCUT2D eigenvalue weighted by molar-refractivity contribution is -0.217. The Balaban J connectivity index is 2.78. The molecule has 7 heteroatoms. The van der Waals surface area contributed by atoms with Crippen LogP contribution in [0.5, 0.6) is 0 Å². The first-order valence-electron chi connectivity index (χ1n) is 7.28. The second-order valence-electron chi connectivity index (χ2n) is 5.16. The molecule has 0 fully saturated rings. The van der Waals surface area contributed by atoms with Crippen LogP contribution in [0.25, 0.3) is 0 Å². The van der Waals surface area contributed by atoms with E-state index in [1.807, 2.05) is 19.9 Å². The Labute approximate surface area is 126 Å². The summed E-state index contributed by atoms with van der Waals surface area (Å²) in [4.78, 5) is 0. The van der Waals surface area contributed by atoms with E-state index in [2.05, 4.69) is 5.32 Å². The lowest BCUT2D eigenvalue weighted by atomic mass is 9.97. The molecule has 1 heterocycles. The van der Waals surface area contributed by atoms with E-state index in [1.165, 1.54) is 0 Å². The van der Waals surface area contributed by atoms with E-state index in [0.29, 0.717) is 19.6 Å². The van der Waals surface area contributed by atoms with Gasteiger partial charge in [0.15, 0.2) is 6.29 Å². The van der Waals surface area contributed by atoms with E-state index in [9.17, 15) is 10.2 Å². The van der Waals surface area contributed by atoms with Gasteiger partial charge in [0, 0.05) is 7.11 Å². The van der Waals surface area contributed by atoms with Gasteiger partial charge < -0.3 is 30.2 Å². The number of methoxy groups -OCH3 is 1. The summed E-state index contributed by atoms with van der Waals surface area (Å²) in [5, 5.41) is 22.3. The van der Waals surface area contributed by atoms with Crippen molar-refractivity contribution in [3.05, 3.63) is 11.6 Å². The number of aliphatic hydroxyl groups is 2. The summed E-state index contributed by atoms with van der Waals surface area (Å²) >= 11 is 0. The number of ether oxygens (including phenoxy) is 3. The van der Waals surface area contributed by atoms with Crippen LogP contribution in [0.1, 0.15) is 20.3 Å². The molecule has 0 aromatic heterocycles. The Morgan fingerprint density at radius 3 is 2.71 bits per heavy atom. The maximum absolute atomic E-state index is 10.2. The molecule has 0 saturated carbocycles. The molecule has 0 aromatic carbocycles. The third-order valence-corrected chi connectivity index (χ3v) is 3.53. The maximum atomic E-state index is 10.2. The van der Waals surface area contributed by atoms with Gasteiger partial charge in [0.25, 0.3) is 0 Å². The van der Waals surface area contributed by atoms with Crippen molar-refractivity contribution in [1.29, 1.82) is 0 Å². The topological polar surface area (TPSA) is 106 Å². The highest BCUT2D eigenvalue weighted by molar-refractivity contribution is 5.13. The summed E-state index contributed by atoms with van der Waals surface area (Å²) in [6.45, 7) is 4.46. The van der Waals surface area contributed by atoms with E-state index in [0.717, 1.165) is 5.57 Å². The fourth-order valence-corrected chi connectivity index (χ4v) is 2.10. The third kappa shape index (κ3) is 5.63. The highest BCUT2D eigenvalue weighted by atomic mass is 16.7. The van der Waals surface area contributed by atoms with Crippen LogP contribution in [0.3, 0.4) is 0 Å². The summed E-state index contributed by atoms with van der Waals surface area (Å²) in [7, 11) is 1.59. The summed E-state index contributed by atoms with van der Waals surface area (Å²) in [5.41, 5.74) is 6.73. The van der Waals surface area contributed by atoms with Gasteiger partial charge in [0.2, 0.25) is 0 Å². The van der Waals surface area contributed by atoms with Crippen LogP contribution in [0.2, 0.25) is 0 Å². The summed E-state index contributed by atoms with van der Waals surface area (Å²) in [6.07, 6.45) is 0.242. The molecule has 5 atom stereocenters. The average molecular weight is 304 g/mol. The minimum absolute atomic E-state index is 0.0981. The molecule has 0 saturated heterocycles. The van der Waals surface area contributed by atoms with Gasteiger partial charge in [-0.25, -0.2) is 0 Å². The molecule has 1 aliphatic heterocycles. The van der Waals surface area contributed by atoms with Gasteiger partial charge in [0.05, 0.1) is 38.0 Å². The number of aliphatic hydroxyl groups excluding tert-OH is 2. The average Bonchev–Trinajstić information content (AvgIpc) is 2.47.